The third-order valence-corrected chi connectivity index (χ3v) is 8.48. The molecule has 1 unspecified atom stereocenters. The maximum absolute atomic E-state index is 13.4. The number of amides is 1. The number of carbonyl (C=O) groups is 1. The van der Waals surface area contributed by atoms with E-state index in [2.05, 4.69) is 31.9 Å². The van der Waals surface area contributed by atoms with Crippen molar-refractivity contribution in [3.63, 3.8) is 0 Å². The van der Waals surface area contributed by atoms with Crippen LogP contribution in [0.2, 0.25) is 5.02 Å². The molecular weight excluding hydrogens is 532 g/mol. The summed E-state index contributed by atoms with van der Waals surface area (Å²) in [6.07, 6.45) is 0. The number of hydrogen-bond acceptors (Lipinski definition) is 3. The van der Waals surface area contributed by atoms with Crippen LogP contribution in [-0.2, 0) is 16.6 Å². The van der Waals surface area contributed by atoms with Crippen LogP contribution in [-0.4, -0.2) is 34.6 Å². The Morgan fingerprint density at radius 3 is 2.50 bits per heavy atom. The highest BCUT2D eigenvalue weighted by atomic mass is 79.9. The van der Waals surface area contributed by atoms with E-state index in [0.717, 1.165) is 20.8 Å². The van der Waals surface area contributed by atoms with Crippen LogP contribution in [0.1, 0.15) is 16.1 Å². The number of sulfonamides is 1. The number of fused-ring (bicyclic) bond motifs is 3. The van der Waals surface area contributed by atoms with Gasteiger partial charge in [-0.3, -0.25) is 4.79 Å². The molecule has 0 bridgehead atoms. The van der Waals surface area contributed by atoms with Crippen LogP contribution in [0.15, 0.2) is 51.8 Å². The Balaban J connectivity index is 1.91. The van der Waals surface area contributed by atoms with Crippen molar-refractivity contribution in [3.8, 4) is 0 Å². The second kappa shape index (κ2) is 7.16. The average molecular weight is 547 g/mol. The summed E-state index contributed by atoms with van der Waals surface area (Å²) >= 11 is 13.0. The molecule has 9 heteroatoms. The molecule has 0 saturated heterocycles. The number of hydrogen-bond donors (Lipinski definition) is 0. The summed E-state index contributed by atoms with van der Waals surface area (Å²) in [5.74, 6) is -0.560. The third kappa shape index (κ3) is 3.01. The Labute approximate surface area is 184 Å². The van der Waals surface area contributed by atoms with Crippen LogP contribution in [0.25, 0.3) is 10.9 Å². The number of alkyl halides is 1. The van der Waals surface area contributed by atoms with Gasteiger partial charge in [0.2, 0.25) is 0 Å². The van der Waals surface area contributed by atoms with Crippen molar-refractivity contribution in [1.82, 2.24) is 8.87 Å². The number of carbonyl (C=O) groups excluding carboxylic acids is 1. The lowest BCUT2D eigenvalue weighted by molar-refractivity contribution is 0.0778. The van der Waals surface area contributed by atoms with Crippen molar-refractivity contribution in [2.45, 2.75) is 24.4 Å². The van der Waals surface area contributed by atoms with Gasteiger partial charge in [0.1, 0.15) is 5.69 Å². The van der Waals surface area contributed by atoms with Gasteiger partial charge in [-0.2, -0.15) is 0 Å². The zero-order chi connectivity index (χ0) is 20.2. The van der Waals surface area contributed by atoms with Gasteiger partial charge in [-0.15, -0.1) is 0 Å². The van der Waals surface area contributed by atoms with Crippen molar-refractivity contribution >= 4 is 70.3 Å². The van der Waals surface area contributed by atoms with Crippen molar-refractivity contribution in [2.24, 2.45) is 0 Å². The van der Waals surface area contributed by atoms with Gasteiger partial charge >= 0.3 is 0 Å². The van der Waals surface area contributed by atoms with Gasteiger partial charge < -0.3 is 4.57 Å². The van der Waals surface area contributed by atoms with Gasteiger partial charge in [0.15, 0.2) is 0 Å². The number of nitrogens with zero attached hydrogens (tertiary/aromatic N) is 2. The van der Waals surface area contributed by atoms with E-state index in [9.17, 15) is 13.2 Å². The molecule has 1 aliphatic rings. The summed E-state index contributed by atoms with van der Waals surface area (Å²) in [6, 6.07) is 11.3. The molecule has 0 radical (unpaired) electrons. The number of benzene rings is 2. The second-order valence-electron chi connectivity index (χ2n) is 6.66. The number of halogens is 3. The van der Waals surface area contributed by atoms with Gasteiger partial charge in [0.05, 0.1) is 15.4 Å². The predicted molar refractivity (Wildman–Crippen MR) is 117 cm³/mol. The Morgan fingerprint density at radius 1 is 1.18 bits per heavy atom. The Hall–Kier alpha value is -1.35. The van der Waals surface area contributed by atoms with Gasteiger partial charge in [-0.25, -0.2) is 12.7 Å². The van der Waals surface area contributed by atoms with Crippen LogP contribution in [0.4, 0.5) is 0 Å². The molecule has 5 nitrogen and oxygen atoms in total. The van der Waals surface area contributed by atoms with E-state index in [1.54, 1.807) is 24.3 Å². The molecule has 28 heavy (non-hydrogen) atoms. The maximum atomic E-state index is 13.4. The molecule has 1 atom stereocenters. The maximum Gasteiger partial charge on any atom is 0.285 e. The quantitative estimate of drug-likeness (QED) is 0.436. The molecule has 1 aromatic heterocycles. The first-order valence-corrected chi connectivity index (χ1v) is 12.2. The monoisotopic (exact) mass is 544 g/mol. The largest absolute Gasteiger partial charge is 0.333 e. The lowest BCUT2D eigenvalue weighted by Crippen LogP contribution is -2.51. The van der Waals surface area contributed by atoms with E-state index in [1.165, 1.54) is 12.1 Å². The van der Waals surface area contributed by atoms with Crippen molar-refractivity contribution in [2.75, 3.05) is 5.33 Å². The highest BCUT2D eigenvalue weighted by Crippen LogP contribution is 2.38. The molecule has 1 amide bonds. The second-order valence-corrected chi connectivity index (χ2v) is 10.4. The first-order chi connectivity index (χ1) is 13.3. The fourth-order valence-corrected chi connectivity index (χ4v) is 6.59. The van der Waals surface area contributed by atoms with Crippen LogP contribution in [0.3, 0.4) is 0 Å². The Kier molecular flexibility index (Phi) is 5.10. The summed E-state index contributed by atoms with van der Waals surface area (Å²) in [4.78, 5) is 13.5. The van der Waals surface area contributed by atoms with E-state index in [4.69, 9.17) is 11.6 Å². The molecule has 4 rings (SSSR count). The smallest absolute Gasteiger partial charge is 0.285 e. The van der Waals surface area contributed by atoms with Gasteiger partial charge in [-0.1, -0.05) is 45.2 Å². The summed E-state index contributed by atoms with van der Waals surface area (Å²) in [7, 11) is -4.00. The van der Waals surface area contributed by atoms with Crippen LogP contribution in [0, 0.1) is 6.92 Å². The normalized spacial score (nSPS) is 17.2. The molecule has 2 heterocycles. The Morgan fingerprint density at radius 2 is 1.86 bits per heavy atom. The molecule has 1 aliphatic heterocycles. The van der Waals surface area contributed by atoms with Crippen LogP contribution < -0.4 is 0 Å². The summed E-state index contributed by atoms with van der Waals surface area (Å²) in [6.45, 7) is 2.23. The van der Waals surface area contributed by atoms with E-state index >= 15 is 0 Å². The predicted octanol–water partition coefficient (Wildman–Crippen LogP) is 4.97. The first-order valence-electron chi connectivity index (χ1n) is 8.44. The summed E-state index contributed by atoms with van der Waals surface area (Å²) in [5, 5.41) is 1.65. The highest BCUT2D eigenvalue weighted by molar-refractivity contribution is 9.10. The molecule has 0 N–H and O–H groups in total. The zero-order valence-electron chi connectivity index (χ0n) is 14.7. The molecule has 0 aliphatic carbocycles. The SMILES string of the molecule is Cc1ccc(S(=O)(=O)N2C(=O)c3c(Br)c4cc(Cl)ccc4n3CC2CBr)cc1. The molecule has 2 aromatic carbocycles. The number of aromatic nitrogens is 1. The fraction of sp³-hybridized carbons (Fsp3) is 0.211. The number of rotatable bonds is 3. The van der Waals surface area contributed by atoms with Gasteiger partial charge in [0.25, 0.3) is 15.9 Å². The molecule has 0 spiro atoms. The van der Waals surface area contributed by atoms with Crippen molar-refractivity contribution < 1.29 is 13.2 Å². The van der Waals surface area contributed by atoms with E-state index < -0.39 is 22.0 Å². The molecule has 0 fully saturated rings. The standard InChI is InChI=1S/C19H15Br2ClN2O3S/c1-11-2-5-14(6-3-11)28(26,27)24-13(9-20)10-23-16-7-4-12(22)8-15(16)17(21)18(23)19(24)25/h2-8,13H,9-10H2,1H3. The molecule has 146 valence electrons. The third-order valence-electron chi connectivity index (χ3n) is 4.85. The van der Waals surface area contributed by atoms with Crippen molar-refractivity contribution in [3.05, 3.63) is 63.2 Å². The van der Waals surface area contributed by atoms with E-state index in [-0.39, 0.29) is 4.90 Å². The van der Waals surface area contributed by atoms with Crippen LogP contribution >= 0.6 is 43.5 Å². The average Bonchev–Trinajstić information content (AvgIpc) is 2.93. The minimum Gasteiger partial charge on any atom is -0.333 e. The van der Waals surface area contributed by atoms with E-state index in [0.29, 0.717) is 27.1 Å². The fourth-order valence-electron chi connectivity index (χ4n) is 3.48. The minimum absolute atomic E-state index is 0.0983. The summed E-state index contributed by atoms with van der Waals surface area (Å²) in [5.41, 5.74) is 2.09. The molecule has 0 saturated carbocycles. The first kappa shape index (κ1) is 19.9. The highest BCUT2D eigenvalue weighted by Gasteiger charge is 2.42. The minimum atomic E-state index is -4.00. The van der Waals surface area contributed by atoms with Crippen molar-refractivity contribution in [1.29, 1.82) is 0 Å². The number of aryl methyl sites for hydroxylation is 1. The zero-order valence-corrected chi connectivity index (χ0v) is 19.4. The topological polar surface area (TPSA) is 59.4 Å². The lowest BCUT2D eigenvalue weighted by Gasteiger charge is -2.35. The van der Waals surface area contributed by atoms with Gasteiger partial charge in [0, 0.05) is 27.8 Å². The molecular formula is C19H15Br2ClN2O3S. The lowest BCUT2D eigenvalue weighted by atomic mass is 10.2. The van der Waals surface area contributed by atoms with E-state index in [1.807, 2.05) is 17.6 Å². The van der Waals surface area contributed by atoms with Gasteiger partial charge in [-0.05, 0) is 53.2 Å². The Bertz CT molecular complexity index is 1210. The van der Waals surface area contributed by atoms with Crippen LogP contribution in [0.5, 0.6) is 0 Å². The summed E-state index contributed by atoms with van der Waals surface area (Å²) < 4.78 is 30.0. The molecule has 3 aromatic rings.